The number of rotatable bonds is 4. The van der Waals surface area contributed by atoms with E-state index < -0.39 is 0 Å². The van der Waals surface area contributed by atoms with Gasteiger partial charge in [0.15, 0.2) is 0 Å². The Balaban J connectivity index is 1.91. The Bertz CT molecular complexity index is 478. The topological polar surface area (TPSA) is 53.5 Å². The zero-order valence-electron chi connectivity index (χ0n) is 12.8. The number of carbonyl (C=O) groups excluding carboxylic acids is 2. The summed E-state index contributed by atoms with van der Waals surface area (Å²) in [5.41, 5.74) is 0.657. The van der Waals surface area contributed by atoms with Gasteiger partial charge in [0.1, 0.15) is 0 Å². The van der Waals surface area contributed by atoms with Crippen LogP contribution in [0.3, 0.4) is 0 Å². The lowest BCUT2D eigenvalue weighted by molar-refractivity contribution is -0.137. The van der Waals surface area contributed by atoms with E-state index in [1.165, 1.54) is 0 Å². The maximum Gasteiger partial charge on any atom is 0.254 e. The van der Waals surface area contributed by atoms with Crippen LogP contribution >= 0.6 is 0 Å². The molecule has 1 saturated heterocycles. The Kier molecular flexibility index (Phi) is 5.31. The molecule has 114 valence electrons. The van der Waals surface area contributed by atoms with Crippen molar-refractivity contribution >= 4 is 11.8 Å². The molecule has 1 fully saturated rings. The van der Waals surface area contributed by atoms with E-state index in [0.717, 1.165) is 12.8 Å². The lowest BCUT2D eigenvalue weighted by Crippen LogP contribution is -2.51. The molecule has 0 atom stereocenters. The second kappa shape index (κ2) is 7.20. The third-order valence-electron chi connectivity index (χ3n) is 4.14. The monoisotopic (exact) mass is 289 g/mol. The number of piperazine rings is 1. The van der Waals surface area contributed by atoms with E-state index in [1.54, 1.807) is 24.5 Å². The predicted octanol–water partition coefficient (Wildman–Crippen LogP) is 1.80. The first-order valence-electron chi connectivity index (χ1n) is 7.65. The number of hydrogen-bond acceptors (Lipinski definition) is 3. The Labute approximate surface area is 126 Å². The van der Waals surface area contributed by atoms with Gasteiger partial charge >= 0.3 is 0 Å². The van der Waals surface area contributed by atoms with Crippen molar-refractivity contribution in [2.45, 2.75) is 26.7 Å². The van der Waals surface area contributed by atoms with Crippen LogP contribution in [0, 0.1) is 5.92 Å². The summed E-state index contributed by atoms with van der Waals surface area (Å²) in [5, 5.41) is 0. The first-order valence-corrected chi connectivity index (χ1v) is 7.65. The summed E-state index contributed by atoms with van der Waals surface area (Å²) in [6.45, 7) is 6.57. The third-order valence-corrected chi connectivity index (χ3v) is 4.14. The third kappa shape index (κ3) is 3.60. The van der Waals surface area contributed by atoms with Gasteiger partial charge in [0, 0.05) is 50.1 Å². The molecular formula is C16H23N3O2. The maximum atomic E-state index is 12.3. The zero-order valence-corrected chi connectivity index (χ0v) is 12.8. The van der Waals surface area contributed by atoms with Crippen LogP contribution in [0.15, 0.2) is 24.5 Å². The molecule has 2 amide bonds. The highest BCUT2D eigenvalue weighted by molar-refractivity contribution is 5.94. The number of aromatic nitrogens is 1. The predicted molar refractivity (Wildman–Crippen MR) is 80.8 cm³/mol. The Morgan fingerprint density at radius 2 is 1.57 bits per heavy atom. The van der Waals surface area contributed by atoms with Gasteiger partial charge in [0.05, 0.1) is 0 Å². The van der Waals surface area contributed by atoms with Crippen molar-refractivity contribution < 1.29 is 9.59 Å². The minimum Gasteiger partial charge on any atom is -0.339 e. The van der Waals surface area contributed by atoms with Crippen LogP contribution in [0.4, 0.5) is 0 Å². The summed E-state index contributed by atoms with van der Waals surface area (Å²) in [6, 6.07) is 3.45. The van der Waals surface area contributed by atoms with E-state index in [0.29, 0.717) is 31.7 Å². The fraction of sp³-hybridized carbons (Fsp3) is 0.562. The van der Waals surface area contributed by atoms with Gasteiger partial charge in [0.2, 0.25) is 5.91 Å². The number of nitrogens with zero attached hydrogens (tertiary/aromatic N) is 3. The molecule has 21 heavy (non-hydrogen) atoms. The van der Waals surface area contributed by atoms with Crippen LogP contribution in [0.1, 0.15) is 37.0 Å². The van der Waals surface area contributed by atoms with Gasteiger partial charge in [-0.1, -0.05) is 13.8 Å². The van der Waals surface area contributed by atoms with Crippen LogP contribution in [0.2, 0.25) is 0 Å². The van der Waals surface area contributed by atoms with Gasteiger partial charge in [0.25, 0.3) is 5.91 Å². The summed E-state index contributed by atoms with van der Waals surface area (Å²) in [5.74, 6) is 0.371. The fourth-order valence-corrected chi connectivity index (χ4v) is 2.70. The van der Waals surface area contributed by atoms with Crippen LogP contribution < -0.4 is 0 Å². The average Bonchev–Trinajstić information content (AvgIpc) is 2.56. The summed E-state index contributed by atoms with van der Waals surface area (Å²) in [4.78, 5) is 32.3. The number of carbonyl (C=O) groups is 2. The van der Waals surface area contributed by atoms with Gasteiger partial charge in [-0.2, -0.15) is 0 Å². The minimum absolute atomic E-state index is 0.0204. The Morgan fingerprint density at radius 1 is 1.05 bits per heavy atom. The molecule has 1 aliphatic rings. The average molecular weight is 289 g/mol. The summed E-state index contributed by atoms with van der Waals surface area (Å²) >= 11 is 0. The maximum absolute atomic E-state index is 12.3. The van der Waals surface area contributed by atoms with Crippen LogP contribution in [-0.4, -0.2) is 52.8 Å². The molecule has 5 nitrogen and oxygen atoms in total. The molecule has 0 unspecified atom stereocenters. The molecule has 0 aliphatic carbocycles. The first-order chi connectivity index (χ1) is 10.2. The number of amides is 2. The van der Waals surface area contributed by atoms with E-state index in [-0.39, 0.29) is 17.7 Å². The zero-order chi connectivity index (χ0) is 15.2. The van der Waals surface area contributed by atoms with E-state index in [1.807, 2.05) is 9.80 Å². The molecule has 0 spiro atoms. The van der Waals surface area contributed by atoms with Crippen LogP contribution in [0.5, 0.6) is 0 Å². The van der Waals surface area contributed by atoms with Crippen molar-refractivity contribution in [3.8, 4) is 0 Å². The van der Waals surface area contributed by atoms with E-state index in [2.05, 4.69) is 18.8 Å². The molecule has 2 rings (SSSR count). The van der Waals surface area contributed by atoms with E-state index in [4.69, 9.17) is 0 Å². The van der Waals surface area contributed by atoms with Crippen LogP contribution in [0.25, 0.3) is 0 Å². The Hall–Kier alpha value is -1.91. The molecule has 1 aromatic heterocycles. The van der Waals surface area contributed by atoms with Crippen molar-refractivity contribution in [2.24, 2.45) is 5.92 Å². The quantitative estimate of drug-likeness (QED) is 0.849. The molecule has 1 aromatic rings. The van der Waals surface area contributed by atoms with Gasteiger partial charge in [-0.25, -0.2) is 0 Å². The first kappa shape index (κ1) is 15.5. The molecule has 0 saturated carbocycles. The lowest BCUT2D eigenvalue weighted by Gasteiger charge is -2.36. The van der Waals surface area contributed by atoms with Crippen LogP contribution in [-0.2, 0) is 4.79 Å². The van der Waals surface area contributed by atoms with Gasteiger partial charge < -0.3 is 9.80 Å². The molecule has 0 aromatic carbocycles. The minimum atomic E-state index is 0.0204. The standard InChI is InChI=1S/C16H23N3O2/c1-3-13(4-2)15(20)18-9-11-19(12-10-18)16(21)14-5-7-17-8-6-14/h5-8,13H,3-4,9-12H2,1-2H3. The summed E-state index contributed by atoms with van der Waals surface area (Å²) in [6.07, 6.45) is 5.01. The van der Waals surface area contributed by atoms with E-state index >= 15 is 0 Å². The fourth-order valence-electron chi connectivity index (χ4n) is 2.70. The second-order valence-corrected chi connectivity index (χ2v) is 5.37. The highest BCUT2D eigenvalue weighted by Crippen LogP contribution is 2.15. The molecule has 0 N–H and O–H groups in total. The summed E-state index contributed by atoms with van der Waals surface area (Å²) < 4.78 is 0. The molecule has 0 bridgehead atoms. The van der Waals surface area contributed by atoms with Crippen molar-refractivity contribution in [2.75, 3.05) is 26.2 Å². The molecule has 5 heteroatoms. The van der Waals surface area contributed by atoms with Crippen molar-refractivity contribution in [3.05, 3.63) is 30.1 Å². The largest absolute Gasteiger partial charge is 0.339 e. The highest BCUT2D eigenvalue weighted by atomic mass is 16.2. The normalized spacial score (nSPS) is 15.4. The lowest BCUT2D eigenvalue weighted by atomic mass is 10.0. The molecular weight excluding hydrogens is 266 g/mol. The molecule has 1 aliphatic heterocycles. The highest BCUT2D eigenvalue weighted by Gasteiger charge is 2.27. The SMILES string of the molecule is CCC(CC)C(=O)N1CCN(C(=O)c2ccncc2)CC1. The smallest absolute Gasteiger partial charge is 0.254 e. The van der Waals surface area contributed by atoms with E-state index in [9.17, 15) is 9.59 Å². The second-order valence-electron chi connectivity index (χ2n) is 5.37. The molecule has 2 heterocycles. The van der Waals surface area contributed by atoms with Crippen molar-refractivity contribution in [3.63, 3.8) is 0 Å². The van der Waals surface area contributed by atoms with Crippen molar-refractivity contribution in [1.82, 2.24) is 14.8 Å². The Morgan fingerprint density at radius 3 is 2.10 bits per heavy atom. The van der Waals surface area contributed by atoms with Crippen molar-refractivity contribution in [1.29, 1.82) is 0 Å². The number of hydrogen-bond donors (Lipinski definition) is 0. The van der Waals surface area contributed by atoms with Gasteiger partial charge in [-0.15, -0.1) is 0 Å². The molecule has 0 radical (unpaired) electrons. The van der Waals surface area contributed by atoms with Gasteiger partial charge in [-0.3, -0.25) is 14.6 Å². The summed E-state index contributed by atoms with van der Waals surface area (Å²) in [7, 11) is 0. The van der Waals surface area contributed by atoms with Gasteiger partial charge in [-0.05, 0) is 25.0 Å². The number of pyridine rings is 1.